The number of amides is 1. The van der Waals surface area contributed by atoms with Crippen molar-refractivity contribution in [3.8, 4) is 0 Å². The molecule has 0 heterocycles. The zero-order chi connectivity index (χ0) is 12.4. The van der Waals surface area contributed by atoms with Crippen LogP contribution in [0.5, 0.6) is 0 Å². The zero-order valence-corrected chi connectivity index (χ0v) is 10.3. The molecular weight excluding hydrogens is 218 g/mol. The van der Waals surface area contributed by atoms with E-state index in [4.69, 9.17) is 5.11 Å². The van der Waals surface area contributed by atoms with Crippen molar-refractivity contribution in [2.45, 2.75) is 39.0 Å². The molecule has 96 valence electrons. The lowest BCUT2D eigenvalue weighted by molar-refractivity contribution is -0.141. The fourth-order valence-corrected chi connectivity index (χ4v) is 3.03. The van der Waals surface area contributed by atoms with Crippen molar-refractivity contribution in [3.63, 3.8) is 0 Å². The third-order valence-electron chi connectivity index (χ3n) is 4.26. The van der Waals surface area contributed by atoms with Crippen molar-refractivity contribution in [2.24, 2.45) is 23.7 Å². The second-order valence-corrected chi connectivity index (χ2v) is 5.46. The number of hydrogen-bond donors (Lipinski definition) is 2. The van der Waals surface area contributed by atoms with Gasteiger partial charge in [0.25, 0.3) is 0 Å². The quantitative estimate of drug-likeness (QED) is 0.766. The van der Waals surface area contributed by atoms with Gasteiger partial charge in [0.15, 0.2) is 0 Å². The predicted molar refractivity (Wildman–Crippen MR) is 63.4 cm³/mol. The van der Waals surface area contributed by atoms with E-state index in [1.54, 1.807) is 6.92 Å². The molecular formula is C13H21NO3. The third kappa shape index (κ3) is 2.79. The molecule has 2 fully saturated rings. The van der Waals surface area contributed by atoms with Crippen LogP contribution in [0.1, 0.15) is 39.0 Å². The van der Waals surface area contributed by atoms with Gasteiger partial charge in [-0.25, -0.2) is 0 Å². The summed E-state index contributed by atoms with van der Waals surface area (Å²) in [4.78, 5) is 22.5. The van der Waals surface area contributed by atoms with Gasteiger partial charge in [-0.2, -0.15) is 0 Å². The number of fused-ring (bicyclic) bond motifs is 1. The number of carboxylic acid groups (broad SMARTS) is 1. The molecule has 2 aliphatic rings. The van der Waals surface area contributed by atoms with E-state index < -0.39 is 5.97 Å². The molecule has 0 radical (unpaired) electrons. The molecule has 4 nitrogen and oxygen atoms in total. The molecule has 0 bridgehead atoms. The number of carboxylic acids is 1. The molecule has 2 saturated carbocycles. The zero-order valence-electron chi connectivity index (χ0n) is 10.3. The molecule has 2 rings (SSSR count). The van der Waals surface area contributed by atoms with E-state index >= 15 is 0 Å². The lowest BCUT2D eigenvalue weighted by Gasteiger charge is -2.07. The summed E-state index contributed by atoms with van der Waals surface area (Å²) >= 11 is 0. The molecule has 0 aliphatic heterocycles. The molecule has 0 spiro atoms. The van der Waals surface area contributed by atoms with Crippen LogP contribution in [0.25, 0.3) is 0 Å². The Hall–Kier alpha value is -1.06. The third-order valence-corrected chi connectivity index (χ3v) is 4.26. The molecule has 17 heavy (non-hydrogen) atoms. The lowest BCUT2D eigenvalue weighted by atomic mass is 10.0. The van der Waals surface area contributed by atoms with E-state index in [1.165, 1.54) is 25.7 Å². The molecule has 0 aromatic carbocycles. The van der Waals surface area contributed by atoms with Crippen molar-refractivity contribution in [2.75, 3.05) is 6.54 Å². The summed E-state index contributed by atoms with van der Waals surface area (Å²) in [5, 5.41) is 11.6. The number of carbonyl (C=O) groups excluding carboxylic acids is 1. The molecule has 0 aromatic rings. The van der Waals surface area contributed by atoms with E-state index in [-0.39, 0.29) is 17.7 Å². The van der Waals surface area contributed by atoms with Gasteiger partial charge >= 0.3 is 5.97 Å². The maximum absolute atomic E-state index is 11.9. The summed E-state index contributed by atoms with van der Waals surface area (Å²) in [6, 6.07) is 0. The van der Waals surface area contributed by atoms with Crippen molar-refractivity contribution < 1.29 is 14.7 Å². The smallest absolute Gasteiger partial charge is 0.306 e. The van der Waals surface area contributed by atoms with E-state index in [0.29, 0.717) is 24.8 Å². The fraction of sp³-hybridized carbons (Fsp3) is 0.846. The van der Waals surface area contributed by atoms with Crippen LogP contribution >= 0.6 is 0 Å². The van der Waals surface area contributed by atoms with Gasteiger partial charge in [0.2, 0.25) is 5.91 Å². The second-order valence-electron chi connectivity index (χ2n) is 5.46. The summed E-state index contributed by atoms with van der Waals surface area (Å²) in [7, 11) is 0. The maximum Gasteiger partial charge on any atom is 0.306 e. The van der Waals surface area contributed by atoms with Gasteiger partial charge in [0, 0.05) is 12.5 Å². The molecule has 2 aliphatic carbocycles. The minimum atomic E-state index is -0.792. The highest BCUT2D eigenvalue weighted by Gasteiger charge is 2.54. The van der Waals surface area contributed by atoms with Crippen LogP contribution in [-0.2, 0) is 9.59 Å². The van der Waals surface area contributed by atoms with Gasteiger partial charge in [-0.15, -0.1) is 0 Å². The first-order chi connectivity index (χ1) is 8.11. The lowest BCUT2D eigenvalue weighted by Crippen LogP contribution is -2.29. The molecule has 0 aromatic heterocycles. The Morgan fingerprint density at radius 2 is 1.88 bits per heavy atom. The highest BCUT2D eigenvalue weighted by Crippen LogP contribution is 2.55. The van der Waals surface area contributed by atoms with E-state index in [1.807, 2.05) is 0 Å². The Bertz CT molecular complexity index is 304. The van der Waals surface area contributed by atoms with Crippen LogP contribution in [0.3, 0.4) is 0 Å². The Morgan fingerprint density at radius 3 is 2.41 bits per heavy atom. The van der Waals surface area contributed by atoms with Crippen LogP contribution in [0.4, 0.5) is 0 Å². The van der Waals surface area contributed by atoms with Gasteiger partial charge in [0.05, 0.1) is 5.92 Å². The van der Waals surface area contributed by atoms with Crippen LogP contribution in [0, 0.1) is 23.7 Å². The summed E-state index contributed by atoms with van der Waals surface area (Å²) in [6.45, 7) is 2.16. The number of carbonyl (C=O) groups is 2. The monoisotopic (exact) mass is 239 g/mol. The summed E-state index contributed by atoms with van der Waals surface area (Å²) in [6.07, 6.45) is 5.45. The first-order valence-electron chi connectivity index (χ1n) is 6.61. The SMILES string of the molecule is CC(CCNC(=O)C1C2CCCCC21)C(=O)O. The first-order valence-corrected chi connectivity index (χ1v) is 6.61. The molecule has 1 amide bonds. The van der Waals surface area contributed by atoms with Crippen LogP contribution in [-0.4, -0.2) is 23.5 Å². The molecule has 3 unspecified atom stereocenters. The van der Waals surface area contributed by atoms with Gasteiger partial charge < -0.3 is 10.4 Å². The maximum atomic E-state index is 11.9. The molecule has 2 N–H and O–H groups in total. The number of hydrogen-bond acceptors (Lipinski definition) is 2. The van der Waals surface area contributed by atoms with Crippen molar-refractivity contribution >= 4 is 11.9 Å². The van der Waals surface area contributed by atoms with Crippen LogP contribution in [0.2, 0.25) is 0 Å². The normalized spacial score (nSPS) is 32.4. The topological polar surface area (TPSA) is 66.4 Å². The summed E-state index contributed by atoms with van der Waals surface area (Å²) in [5.74, 6) is 0.467. The summed E-state index contributed by atoms with van der Waals surface area (Å²) in [5.41, 5.74) is 0. The number of rotatable bonds is 5. The van der Waals surface area contributed by atoms with E-state index in [0.717, 1.165) is 0 Å². The van der Waals surface area contributed by atoms with E-state index in [2.05, 4.69) is 5.32 Å². The first kappa shape index (κ1) is 12.4. The Kier molecular flexibility index (Phi) is 3.69. The molecule has 4 heteroatoms. The van der Waals surface area contributed by atoms with Crippen molar-refractivity contribution in [1.29, 1.82) is 0 Å². The van der Waals surface area contributed by atoms with Crippen molar-refractivity contribution in [3.05, 3.63) is 0 Å². The van der Waals surface area contributed by atoms with Gasteiger partial charge in [-0.05, 0) is 31.1 Å². The molecule has 0 saturated heterocycles. The van der Waals surface area contributed by atoms with Crippen LogP contribution in [0.15, 0.2) is 0 Å². The van der Waals surface area contributed by atoms with Gasteiger partial charge in [0.1, 0.15) is 0 Å². The van der Waals surface area contributed by atoms with Crippen LogP contribution < -0.4 is 5.32 Å². The highest BCUT2D eigenvalue weighted by atomic mass is 16.4. The number of nitrogens with one attached hydrogen (secondary N) is 1. The molecule has 3 atom stereocenters. The van der Waals surface area contributed by atoms with Gasteiger partial charge in [-0.3, -0.25) is 9.59 Å². The second kappa shape index (κ2) is 5.07. The minimum absolute atomic E-state index is 0.152. The number of aliphatic carboxylic acids is 1. The summed E-state index contributed by atoms with van der Waals surface area (Å²) < 4.78 is 0. The fourth-order valence-electron chi connectivity index (χ4n) is 3.03. The van der Waals surface area contributed by atoms with Crippen molar-refractivity contribution in [1.82, 2.24) is 5.32 Å². The van der Waals surface area contributed by atoms with Gasteiger partial charge in [-0.1, -0.05) is 19.8 Å². The Balaban J connectivity index is 1.67. The highest BCUT2D eigenvalue weighted by molar-refractivity contribution is 5.82. The largest absolute Gasteiger partial charge is 0.481 e. The average Bonchev–Trinajstić information content (AvgIpc) is 3.02. The Morgan fingerprint density at radius 1 is 1.29 bits per heavy atom. The standard InChI is InChI=1S/C13H21NO3/c1-8(13(16)17)6-7-14-12(15)11-9-4-2-3-5-10(9)11/h8-11H,2-7H2,1H3,(H,14,15)(H,16,17). The average molecular weight is 239 g/mol. The van der Waals surface area contributed by atoms with E-state index in [9.17, 15) is 9.59 Å². The Labute approximate surface area is 102 Å². The minimum Gasteiger partial charge on any atom is -0.481 e. The predicted octanol–water partition coefficient (Wildman–Crippen LogP) is 1.65.